The second kappa shape index (κ2) is 8.08. The highest BCUT2D eigenvalue weighted by Crippen LogP contribution is 2.36. The van der Waals surface area contributed by atoms with Crippen LogP contribution < -0.4 is 4.74 Å². The van der Waals surface area contributed by atoms with Crippen molar-refractivity contribution in [2.24, 2.45) is 0 Å². The highest BCUT2D eigenvalue weighted by molar-refractivity contribution is 14.1. The number of hydrogen-bond donors (Lipinski definition) is 1. The molecule has 142 valence electrons. The monoisotopic (exact) mass is 481 g/mol. The molecule has 2 rings (SSSR count). The van der Waals surface area contributed by atoms with Gasteiger partial charge in [-0.3, -0.25) is 10.1 Å². The van der Waals surface area contributed by atoms with Gasteiger partial charge in [0, 0.05) is 26.8 Å². The van der Waals surface area contributed by atoms with E-state index in [4.69, 9.17) is 4.74 Å². The van der Waals surface area contributed by atoms with Gasteiger partial charge >= 0.3 is 5.97 Å². The number of halogens is 1. The zero-order chi connectivity index (χ0) is 20.4. The molecule has 0 fully saturated rings. The molecule has 0 radical (unpaired) electrons. The van der Waals surface area contributed by atoms with Crippen LogP contribution in [0.5, 0.6) is 5.75 Å². The summed E-state index contributed by atoms with van der Waals surface area (Å²) in [7, 11) is 1.60. The van der Waals surface area contributed by atoms with Crippen LogP contribution in [0.3, 0.4) is 0 Å². The van der Waals surface area contributed by atoms with E-state index in [0.717, 1.165) is 26.5 Å². The Morgan fingerprint density at radius 3 is 2.33 bits per heavy atom. The molecule has 27 heavy (non-hydrogen) atoms. The molecule has 0 unspecified atom stereocenters. The van der Waals surface area contributed by atoms with Gasteiger partial charge in [-0.2, -0.15) is 0 Å². The lowest BCUT2D eigenvalue weighted by Gasteiger charge is -2.24. The predicted molar refractivity (Wildman–Crippen MR) is 113 cm³/mol. The lowest BCUT2D eigenvalue weighted by Crippen LogP contribution is -2.14. The SMILES string of the molecule is COc1c(/C=C/c2ccc([N+](=O)[O-])cc2C(=O)O)cc(I)cc1C(C)(C)C. The number of rotatable bonds is 5. The van der Waals surface area contributed by atoms with E-state index in [1.54, 1.807) is 19.3 Å². The van der Waals surface area contributed by atoms with Crippen molar-refractivity contribution < 1.29 is 19.6 Å². The van der Waals surface area contributed by atoms with Gasteiger partial charge in [0.25, 0.3) is 5.69 Å². The normalized spacial score (nSPS) is 11.6. The van der Waals surface area contributed by atoms with E-state index in [1.807, 2.05) is 6.07 Å². The summed E-state index contributed by atoms with van der Waals surface area (Å²) in [6, 6.07) is 7.79. The molecule has 1 N–H and O–H groups in total. The van der Waals surface area contributed by atoms with Crippen molar-refractivity contribution in [3.8, 4) is 5.75 Å². The first-order valence-electron chi connectivity index (χ1n) is 8.12. The van der Waals surface area contributed by atoms with Crippen LogP contribution in [0.1, 0.15) is 47.8 Å². The summed E-state index contributed by atoms with van der Waals surface area (Å²) >= 11 is 2.23. The summed E-state index contributed by atoms with van der Waals surface area (Å²) in [5, 5.41) is 20.3. The number of nitrogens with zero attached hydrogens (tertiary/aromatic N) is 1. The van der Waals surface area contributed by atoms with Crippen molar-refractivity contribution in [3.63, 3.8) is 0 Å². The molecule has 0 saturated carbocycles. The Labute approximate surface area is 171 Å². The number of benzene rings is 2. The van der Waals surface area contributed by atoms with Gasteiger partial charge in [0.15, 0.2) is 0 Å². The first-order valence-corrected chi connectivity index (χ1v) is 9.20. The fourth-order valence-electron chi connectivity index (χ4n) is 2.69. The maximum absolute atomic E-state index is 11.5. The van der Waals surface area contributed by atoms with Crippen molar-refractivity contribution >= 4 is 46.4 Å². The topological polar surface area (TPSA) is 89.7 Å². The number of nitro groups is 1. The molecular formula is C20H20INO5. The van der Waals surface area contributed by atoms with Crippen LogP contribution in [0.15, 0.2) is 30.3 Å². The van der Waals surface area contributed by atoms with E-state index >= 15 is 0 Å². The standard InChI is InChI=1S/C20H20INO5/c1-20(2,3)17-10-14(21)9-13(18(17)27-4)6-5-12-7-8-15(22(25)26)11-16(12)19(23)24/h5-11H,1-4H3,(H,23,24)/b6-5+. The third kappa shape index (κ3) is 4.85. The van der Waals surface area contributed by atoms with Crippen molar-refractivity contribution in [1.29, 1.82) is 0 Å². The maximum atomic E-state index is 11.5. The van der Waals surface area contributed by atoms with Gasteiger partial charge < -0.3 is 9.84 Å². The van der Waals surface area contributed by atoms with E-state index in [9.17, 15) is 20.0 Å². The number of hydrogen-bond acceptors (Lipinski definition) is 4. The Morgan fingerprint density at radius 2 is 1.81 bits per heavy atom. The molecule has 0 saturated heterocycles. The Morgan fingerprint density at radius 1 is 1.19 bits per heavy atom. The zero-order valence-electron chi connectivity index (χ0n) is 15.4. The maximum Gasteiger partial charge on any atom is 0.336 e. The second-order valence-corrected chi connectivity index (χ2v) is 8.24. The van der Waals surface area contributed by atoms with E-state index < -0.39 is 10.9 Å². The Bertz CT molecular complexity index is 929. The molecule has 6 nitrogen and oxygen atoms in total. The smallest absolute Gasteiger partial charge is 0.336 e. The van der Waals surface area contributed by atoms with Crippen molar-refractivity contribution in [1.82, 2.24) is 0 Å². The summed E-state index contributed by atoms with van der Waals surface area (Å²) in [5.41, 5.74) is 1.72. The van der Waals surface area contributed by atoms with Crippen molar-refractivity contribution in [2.45, 2.75) is 26.2 Å². The van der Waals surface area contributed by atoms with Gasteiger partial charge in [-0.15, -0.1) is 0 Å². The first-order chi connectivity index (χ1) is 12.5. The lowest BCUT2D eigenvalue weighted by atomic mass is 9.85. The van der Waals surface area contributed by atoms with Crippen LogP contribution >= 0.6 is 22.6 Å². The third-order valence-electron chi connectivity index (χ3n) is 4.02. The minimum Gasteiger partial charge on any atom is -0.496 e. The summed E-state index contributed by atoms with van der Waals surface area (Å²) in [4.78, 5) is 21.8. The van der Waals surface area contributed by atoms with Crippen LogP contribution in [0, 0.1) is 13.7 Å². The number of non-ortho nitro benzene ring substituents is 1. The molecular weight excluding hydrogens is 461 g/mol. The number of ether oxygens (including phenoxy) is 1. The molecule has 0 heterocycles. The fourth-order valence-corrected chi connectivity index (χ4v) is 3.34. The van der Waals surface area contributed by atoms with Crippen LogP contribution in [0.2, 0.25) is 0 Å². The average molecular weight is 481 g/mol. The number of carboxylic acid groups (broad SMARTS) is 1. The average Bonchev–Trinajstić information content (AvgIpc) is 2.58. The fraction of sp³-hybridized carbons (Fsp3) is 0.250. The van der Waals surface area contributed by atoms with Gasteiger partial charge in [-0.05, 0) is 51.8 Å². The van der Waals surface area contributed by atoms with Crippen LogP contribution in [0.25, 0.3) is 12.2 Å². The highest BCUT2D eigenvalue weighted by atomic mass is 127. The zero-order valence-corrected chi connectivity index (χ0v) is 17.6. The first kappa shape index (κ1) is 20.9. The molecule has 7 heteroatoms. The van der Waals surface area contributed by atoms with E-state index in [-0.39, 0.29) is 16.7 Å². The van der Waals surface area contributed by atoms with Crippen LogP contribution in [-0.4, -0.2) is 23.1 Å². The Balaban J connectivity index is 2.57. The molecule has 0 amide bonds. The number of methoxy groups -OCH3 is 1. The van der Waals surface area contributed by atoms with Gasteiger partial charge in [0.2, 0.25) is 0 Å². The largest absolute Gasteiger partial charge is 0.496 e. The molecule has 0 atom stereocenters. The second-order valence-electron chi connectivity index (χ2n) is 6.99. The van der Waals surface area contributed by atoms with E-state index in [1.165, 1.54) is 12.1 Å². The van der Waals surface area contributed by atoms with Crippen molar-refractivity contribution in [3.05, 3.63) is 66.3 Å². The van der Waals surface area contributed by atoms with Crippen LogP contribution in [-0.2, 0) is 5.41 Å². The van der Waals surface area contributed by atoms with Gasteiger partial charge in [0.1, 0.15) is 5.75 Å². The number of aromatic carboxylic acids is 1. The van der Waals surface area contributed by atoms with Gasteiger partial charge in [-0.1, -0.05) is 32.9 Å². The molecule has 0 bridgehead atoms. The summed E-state index contributed by atoms with van der Waals surface area (Å²) in [5.74, 6) is -0.499. The number of nitro benzene ring substituents is 1. The minimum absolute atomic E-state index is 0.124. The molecule has 0 spiro atoms. The molecule has 0 aliphatic carbocycles. The molecule has 2 aromatic carbocycles. The Hall–Kier alpha value is -2.42. The quantitative estimate of drug-likeness (QED) is 0.268. The molecule has 0 aliphatic rings. The third-order valence-corrected chi connectivity index (χ3v) is 4.64. The predicted octanol–water partition coefficient (Wildman–Crippen LogP) is 5.37. The van der Waals surface area contributed by atoms with Crippen LogP contribution in [0.4, 0.5) is 5.69 Å². The van der Waals surface area contributed by atoms with Gasteiger partial charge in [-0.25, -0.2) is 4.79 Å². The van der Waals surface area contributed by atoms with E-state index in [2.05, 4.69) is 49.4 Å². The Kier molecular flexibility index (Phi) is 6.25. The summed E-state index contributed by atoms with van der Waals surface area (Å²) in [6.07, 6.45) is 3.40. The summed E-state index contributed by atoms with van der Waals surface area (Å²) < 4.78 is 6.64. The molecule has 0 aromatic heterocycles. The molecule has 2 aromatic rings. The lowest BCUT2D eigenvalue weighted by molar-refractivity contribution is -0.384. The van der Waals surface area contributed by atoms with Crippen molar-refractivity contribution in [2.75, 3.05) is 7.11 Å². The van der Waals surface area contributed by atoms with Gasteiger partial charge in [0.05, 0.1) is 17.6 Å². The number of carboxylic acids is 1. The van der Waals surface area contributed by atoms with E-state index in [0.29, 0.717) is 5.56 Å². The number of carbonyl (C=O) groups is 1. The highest BCUT2D eigenvalue weighted by Gasteiger charge is 2.21. The molecule has 0 aliphatic heterocycles. The summed E-state index contributed by atoms with van der Waals surface area (Å²) in [6.45, 7) is 6.27. The minimum atomic E-state index is -1.22.